The Morgan fingerprint density at radius 1 is 1.28 bits per heavy atom. The van der Waals surface area contributed by atoms with E-state index < -0.39 is 12.0 Å². The van der Waals surface area contributed by atoms with E-state index in [4.69, 9.17) is 33.7 Å². The van der Waals surface area contributed by atoms with E-state index in [0.717, 1.165) is 11.4 Å². The molecule has 0 aromatic heterocycles. The molecule has 0 saturated carbocycles. The number of ether oxygens (including phenoxy) is 1. The Morgan fingerprint density at radius 2 is 1.94 bits per heavy atom. The fourth-order valence-electron chi connectivity index (χ4n) is 3.75. The van der Waals surface area contributed by atoms with Gasteiger partial charge in [-0.25, -0.2) is 4.79 Å². The molecule has 2 amide bonds. The van der Waals surface area contributed by atoms with Crippen LogP contribution in [-0.4, -0.2) is 73.7 Å². The van der Waals surface area contributed by atoms with Crippen molar-refractivity contribution in [1.82, 2.24) is 15.1 Å². The molecule has 11 heteroatoms. The number of hydrogen-bond acceptors (Lipinski definition) is 7. The summed E-state index contributed by atoms with van der Waals surface area (Å²) in [7, 11) is 3.14. The van der Waals surface area contributed by atoms with Crippen molar-refractivity contribution in [3.8, 4) is 0 Å². The second-order valence-corrected chi connectivity index (χ2v) is 10.1. The van der Waals surface area contributed by atoms with Gasteiger partial charge in [0.2, 0.25) is 11.8 Å². The van der Waals surface area contributed by atoms with E-state index in [1.54, 1.807) is 17.2 Å². The summed E-state index contributed by atoms with van der Waals surface area (Å²) in [5, 5.41) is 3.64. The molecule has 0 spiro atoms. The number of nitrogens with two attached hydrogens (primary N) is 1. The molecule has 8 nitrogen and oxygen atoms in total. The van der Waals surface area contributed by atoms with Crippen LogP contribution in [0.4, 0.5) is 0 Å². The molecule has 1 atom stereocenters. The maximum atomic E-state index is 12.9. The van der Waals surface area contributed by atoms with Gasteiger partial charge in [0.15, 0.2) is 0 Å². The average Bonchev–Trinajstić information content (AvgIpc) is 2.88. The van der Waals surface area contributed by atoms with Gasteiger partial charge in [-0.3, -0.25) is 9.59 Å². The summed E-state index contributed by atoms with van der Waals surface area (Å²) in [6.45, 7) is 3.58. The van der Waals surface area contributed by atoms with Crippen LogP contribution in [0.3, 0.4) is 0 Å². The fraction of sp³-hybridized carbons (Fsp3) is 0.480. The Labute approximate surface area is 227 Å². The van der Waals surface area contributed by atoms with Crippen molar-refractivity contribution in [2.24, 2.45) is 11.7 Å². The van der Waals surface area contributed by atoms with E-state index >= 15 is 0 Å². The van der Waals surface area contributed by atoms with Crippen molar-refractivity contribution in [2.45, 2.75) is 37.1 Å². The molecule has 1 aromatic carbocycles. The van der Waals surface area contributed by atoms with Gasteiger partial charge in [0.1, 0.15) is 6.04 Å². The van der Waals surface area contributed by atoms with E-state index in [1.807, 2.05) is 37.3 Å². The highest BCUT2D eigenvalue weighted by Crippen LogP contribution is 2.35. The summed E-state index contributed by atoms with van der Waals surface area (Å²) >= 11 is 14.1. The van der Waals surface area contributed by atoms with Gasteiger partial charge >= 0.3 is 5.97 Å². The summed E-state index contributed by atoms with van der Waals surface area (Å²) in [6, 6.07) is 2.81. The molecule has 1 saturated heterocycles. The standard InChI is InChI=1S/C25H34Cl2N4O4S/c1-5-30(2)15-18(28)14-19(25(34)35-3)29-24(33)17-10-12-31(13-11-17)21(32)9-7-16-6-8-20(36-4)23(27)22(16)26/h6-9,15,17,19H,5,10-14,28H2,1-4H3,(H,29,33)/b9-7+,18-15-/t19-/m0/s1. The topological polar surface area (TPSA) is 105 Å². The minimum absolute atomic E-state index is 0.148. The molecule has 0 bridgehead atoms. The number of benzene rings is 1. The normalized spacial score (nSPS) is 15.6. The summed E-state index contributed by atoms with van der Waals surface area (Å²) in [5.74, 6) is -1.29. The molecule has 1 fully saturated rings. The number of amides is 2. The predicted octanol–water partition coefficient (Wildman–Crippen LogP) is 3.77. The highest BCUT2D eigenvalue weighted by molar-refractivity contribution is 7.98. The highest BCUT2D eigenvalue weighted by atomic mass is 35.5. The van der Waals surface area contributed by atoms with Gasteiger partial charge in [-0.15, -0.1) is 11.8 Å². The number of halogens is 2. The van der Waals surface area contributed by atoms with E-state index in [2.05, 4.69) is 5.32 Å². The van der Waals surface area contributed by atoms with Crippen LogP contribution in [-0.2, 0) is 19.1 Å². The van der Waals surface area contributed by atoms with Crippen LogP contribution < -0.4 is 11.1 Å². The molecule has 3 N–H and O–H groups in total. The molecule has 0 unspecified atom stereocenters. The molecule has 1 aromatic rings. The molecule has 1 aliphatic heterocycles. The zero-order valence-corrected chi connectivity index (χ0v) is 23.4. The Kier molecular flexibility index (Phi) is 11.9. The van der Waals surface area contributed by atoms with Crippen LogP contribution in [0.25, 0.3) is 6.08 Å². The van der Waals surface area contributed by atoms with Crippen molar-refractivity contribution in [3.05, 3.63) is 45.7 Å². The van der Waals surface area contributed by atoms with E-state index in [0.29, 0.717) is 47.2 Å². The zero-order valence-electron chi connectivity index (χ0n) is 21.1. The number of carbonyl (C=O) groups is 3. The van der Waals surface area contributed by atoms with Gasteiger partial charge < -0.3 is 25.6 Å². The van der Waals surface area contributed by atoms with Gasteiger partial charge in [0, 0.05) is 61.9 Å². The summed E-state index contributed by atoms with van der Waals surface area (Å²) in [4.78, 5) is 42.2. The fourth-order valence-corrected chi connectivity index (χ4v) is 4.92. The first-order valence-corrected chi connectivity index (χ1v) is 13.6. The molecule has 0 radical (unpaired) electrons. The molecule has 0 aliphatic carbocycles. The average molecular weight is 558 g/mol. The quantitative estimate of drug-likeness (QED) is 0.256. The number of carbonyl (C=O) groups excluding carboxylic acids is 3. The predicted molar refractivity (Wildman–Crippen MR) is 146 cm³/mol. The first-order chi connectivity index (χ1) is 17.1. The van der Waals surface area contributed by atoms with Gasteiger partial charge in [-0.2, -0.15) is 0 Å². The van der Waals surface area contributed by atoms with Crippen molar-refractivity contribution in [3.63, 3.8) is 0 Å². The molecular weight excluding hydrogens is 523 g/mol. The number of thioether (sulfide) groups is 1. The van der Waals surface area contributed by atoms with Gasteiger partial charge in [0.05, 0.1) is 17.2 Å². The van der Waals surface area contributed by atoms with Crippen LogP contribution in [0, 0.1) is 5.92 Å². The number of nitrogens with one attached hydrogen (secondary N) is 1. The largest absolute Gasteiger partial charge is 0.467 e. The smallest absolute Gasteiger partial charge is 0.328 e. The molecule has 2 rings (SSSR count). The molecular formula is C25H34Cl2N4O4S. The first-order valence-electron chi connectivity index (χ1n) is 11.6. The number of esters is 1. The lowest BCUT2D eigenvalue weighted by Gasteiger charge is -2.31. The first kappa shape index (κ1) is 29.9. The maximum Gasteiger partial charge on any atom is 0.328 e. The summed E-state index contributed by atoms with van der Waals surface area (Å²) in [6.07, 6.45) is 7.87. The van der Waals surface area contributed by atoms with Gasteiger partial charge in [-0.1, -0.05) is 29.3 Å². The lowest BCUT2D eigenvalue weighted by molar-refractivity contribution is -0.145. The van der Waals surface area contributed by atoms with Crippen molar-refractivity contribution in [2.75, 3.05) is 40.0 Å². The van der Waals surface area contributed by atoms with E-state index in [9.17, 15) is 14.4 Å². The minimum Gasteiger partial charge on any atom is -0.467 e. The van der Waals surface area contributed by atoms with Crippen LogP contribution >= 0.6 is 35.0 Å². The zero-order chi connectivity index (χ0) is 26.8. The van der Waals surface area contributed by atoms with Crippen LogP contribution in [0.5, 0.6) is 0 Å². The van der Waals surface area contributed by atoms with E-state index in [1.165, 1.54) is 24.9 Å². The molecule has 1 heterocycles. The third-order valence-corrected chi connectivity index (χ3v) is 7.80. The number of likely N-dealkylation sites (tertiary alicyclic amines) is 1. The van der Waals surface area contributed by atoms with Crippen molar-refractivity contribution in [1.29, 1.82) is 0 Å². The highest BCUT2D eigenvalue weighted by Gasteiger charge is 2.30. The maximum absolute atomic E-state index is 12.9. The third-order valence-electron chi connectivity index (χ3n) is 6.01. The van der Waals surface area contributed by atoms with Crippen LogP contribution in [0.1, 0.15) is 31.7 Å². The van der Waals surface area contributed by atoms with Gasteiger partial charge in [0.25, 0.3) is 0 Å². The summed E-state index contributed by atoms with van der Waals surface area (Å²) in [5.41, 5.74) is 7.17. The second kappa shape index (κ2) is 14.4. The third kappa shape index (κ3) is 8.35. The molecule has 1 aliphatic rings. The minimum atomic E-state index is -0.874. The Bertz CT molecular complexity index is 1010. The molecule has 36 heavy (non-hydrogen) atoms. The number of piperidine rings is 1. The number of hydrogen-bond donors (Lipinski definition) is 2. The van der Waals surface area contributed by atoms with Crippen LogP contribution in [0.15, 0.2) is 35.0 Å². The Balaban J connectivity index is 1.94. The van der Waals surface area contributed by atoms with Crippen LogP contribution in [0.2, 0.25) is 10.0 Å². The number of methoxy groups -OCH3 is 1. The van der Waals surface area contributed by atoms with Crippen molar-refractivity contribution < 1.29 is 19.1 Å². The lowest BCUT2D eigenvalue weighted by atomic mass is 9.95. The Morgan fingerprint density at radius 3 is 2.53 bits per heavy atom. The lowest BCUT2D eigenvalue weighted by Crippen LogP contribution is -2.48. The summed E-state index contributed by atoms with van der Waals surface area (Å²) < 4.78 is 4.84. The molecule has 198 valence electrons. The van der Waals surface area contributed by atoms with Gasteiger partial charge in [-0.05, 0) is 43.7 Å². The Hall–Kier alpha value is -2.36. The number of rotatable bonds is 10. The van der Waals surface area contributed by atoms with E-state index in [-0.39, 0.29) is 24.2 Å². The number of nitrogens with zero attached hydrogens (tertiary/aromatic N) is 2. The SMILES string of the molecule is CCN(C)/C=C(\N)C[C@H](NC(=O)C1CCN(C(=O)/C=C/c2ccc(SC)c(Cl)c2Cl)CC1)C(=O)OC. The second-order valence-electron chi connectivity index (χ2n) is 8.48. The monoisotopic (exact) mass is 556 g/mol. The van der Waals surface area contributed by atoms with Crippen molar-refractivity contribution >= 4 is 58.8 Å².